The van der Waals surface area contributed by atoms with Crippen molar-refractivity contribution in [2.24, 2.45) is 0 Å². The summed E-state index contributed by atoms with van der Waals surface area (Å²) in [5.41, 5.74) is 0.286. The minimum atomic E-state index is -0.457. The van der Waals surface area contributed by atoms with Gasteiger partial charge in [-0.1, -0.05) is 5.21 Å². The van der Waals surface area contributed by atoms with Gasteiger partial charge in [0.2, 0.25) is 0 Å². The molecule has 0 bridgehead atoms. The van der Waals surface area contributed by atoms with E-state index in [0.29, 0.717) is 19.0 Å². The summed E-state index contributed by atoms with van der Waals surface area (Å²) >= 11 is 5.66. The number of ether oxygens (including phenoxy) is 1. The van der Waals surface area contributed by atoms with E-state index in [2.05, 4.69) is 10.3 Å². The number of nitrogens with zero attached hydrogens (tertiary/aromatic N) is 4. The van der Waals surface area contributed by atoms with E-state index in [9.17, 15) is 4.79 Å². The predicted octanol–water partition coefficient (Wildman–Crippen LogP) is 1.81. The van der Waals surface area contributed by atoms with E-state index in [1.165, 1.54) is 0 Å². The largest absolute Gasteiger partial charge is 0.444 e. The number of carbonyl (C=O) groups excluding carboxylic acids is 1. The van der Waals surface area contributed by atoms with E-state index < -0.39 is 5.60 Å². The fraction of sp³-hybridized carbons (Fsp3) is 0.727. The van der Waals surface area contributed by atoms with Crippen molar-refractivity contribution in [1.29, 1.82) is 0 Å². The first-order valence-corrected chi connectivity index (χ1v) is 6.37. The summed E-state index contributed by atoms with van der Waals surface area (Å²) in [7, 11) is 0. The van der Waals surface area contributed by atoms with Crippen LogP contribution in [0.1, 0.15) is 32.5 Å². The average molecular weight is 273 g/mol. The zero-order valence-electron chi connectivity index (χ0n) is 10.8. The van der Waals surface area contributed by atoms with Gasteiger partial charge in [0.25, 0.3) is 0 Å². The third-order valence-electron chi connectivity index (χ3n) is 2.58. The normalized spacial score (nSPS) is 16.6. The number of halogens is 1. The van der Waals surface area contributed by atoms with E-state index in [0.717, 1.165) is 5.69 Å². The van der Waals surface area contributed by atoms with Gasteiger partial charge in [-0.25, -0.2) is 9.48 Å². The van der Waals surface area contributed by atoms with Crippen molar-refractivity contribution in [3.05, 3.63) is 11.9 Å². The molecule has 0 aliphatic carbocycles. The van der Waals surface area contributed by atoms with Gasteiger partial charge in [-0.15, -0.1) is 16.7 Å². The number of amides is 1. The fourth-order valence-electron chi connectivity index (χ4n) is 1.65. The predicted molar refractivity (Wildman–Crippen MR) is 66.4 cm³/mol. The number of hydrogen-bond donors (Lipinski definition) is 0. The van der Waals surface area contributed by atoms with E-state index in [-0.39, 0.29) is 12.1 Å². The van der Waals surface area contributed by atoms with Crippen LogP contribution in [0.5, 0.6) is 0 Å². The number of rotatable bonds is 2. The molecule has 18 heavy (non-hydrogen) atoms. The smallest absolute Gasteiger partial charge is 0.410 e. The molecule has 1 aromatic heterocycles. The van der Waals surface area contributed by atoms with Crippen molar-refractivity contribution in [1.82, 2.24) is 19.9 Å². The number of alkyl halides is 1. The lowest BCUT2D eigenvalue weighted by Gasteiger charge is -2.39. The molecule has 2 heterocycles. The first-order valence-electron chi connectivity index (χ1n) is 5.83. The van der Waals surface area contributed by atoms with Gasteiger partial charge in [-0.05, 0) is 20.8 Å². The molecule has 0 atom stereocenters. The first-order chi connectivity index (χ1) is 8.39. The van der Waals surface area contributed by atoms with E-state index in [4.69, 9.17) is 16.3 Å². The Balaban J connectivity index is 1.85. The number of aromatic nitrogens is 3. The number of carbonyl (C=O) groups is 1. The molecule has 6 nitrogen and oxygen atoms in total. The minimum absolute atomic E-state index is 0.169. The molecular formula is C11H17ClN4O2. The molecule has 1 amide bonds. The summed E-state index contributed by atoms with van der Waals surface area (Å²) in [6.45, 7) is 6.75. The van der Waals surface area contributed by atoms with Crippen LogP contribution in [0.15, 0.2) is 6.20 Å². The van der Waals surface area contributed by atoms with Gasteiger partial charge in [0.05, 0.1) is 23.8 Å². The summed E-state index contributed by atoms with van der Waals surface area (Å²) in [6.07, 6.45) is 1.53. The Kier molecular flexibility index (Phi) is 3.47. The van der Waals surface area contributed by atoms with Crippen LogP contribution in [0.25, 0.3) is 0 Å². The summed E-state index contributed by atoms with van der Waals surface area (Å²) in [4.78, 5) is 13.4. The summed E-state index contributed by atoms with van der Waals surface area (Å²) in [5, 5.41) is 7.89. The van der Waals surface area contributed by atoms with Crippen LogP contribution >= 0.6 is 11.6 Å². The maximum atomic E-state index is 11.7. The van der Waals surface area contributed by atoms with E-state index in [1.807, 2.05) is 27.0 Å². The highest BCUT2D eigenvalue weighted by Crippen LogP contribution is 2.23. The second-order valence-electron chi connectivity index (χ2n) is 5.36. The molecule has 1 aliphatic heterocycles. The van der Waals surface area contributed by atoms with Crippen molar-refractivity contribution < 1.29 is 9.53 Å². The fourth-order valence-corrected chi connectivity index (χ4v) is 1.77. The van der Waals surface area contributed by atoms with Gasteiger partial charge in [0, 0.05) is 13.1 Å². The van der Waals surface area contributed by atoms with Crippen LogP contribution in [0.2, 0.25) is 0 Å². The van der Waals surface area contributed by atoms with Crippen molar-refractivity contribution in [3.63, 3.8) is 0 Å². The van der Waals surface area contributed by atoms with Crippen LogP contribution in [0, 0.1) is 0 Å². The molecule has 0 saturated carbocycles. The van der Waals surface area contributed by atoms with Gasteiger partial charge in [0.1, 0.15) is 5.60 Å². The Bertz CT molecular complexity index is 434. The van der Waals surface area contributed by atoms with Gasteiger partial charge in [0.15, 0.2) is 0 Å². The van der Waals surface area contributed by atoms with E-state index >= 15 is 0 Å². The number of hydrogen-bond acceptors (Lipinski definition) is 4. The van der Waals surface area contributed by atoms with Crippen LogP contribution in [0.4, 0.5) is 4.79 Å². The maximum absolute atomic E-state index is 11.7. The number of likely N-dealkylation sites (tertiary alicyclic amines) is 1. The molecule has 7 heteroatoms. The summed E-state index contributed by atoms with van der Waals surface area (Å²) in [6, 6.07) is 0.169. The van der Waals surface area contributed by atoms with Crippen molar-refractivity contribution >= 4 is 17.7 Å². The quantitative estimate of drug-likeness (QED) is 0.771. The molecule has 0 N–H and O–H groups in total. The molecule has 1 saturated heterocycles. The second kappa shape index (κ2) is 4.76. The Morgan fingerprint density at radius 3 is 2.72 bits per heavy atom. The van der Waals surface area contributed by atoms with Crippen molar-refractivity contribution in [2.45, 2.75) is 38.3 Å². The molecule has 1 aromatic rings. The third-order valence-corrected chi connectivity index (χ3v) is 2.86. The standard InChI is InChI=1S/C11H17ClN4O2/c1-11(2,3)18-10(17)15-6-9(7-15)16-5-8(4-12)13-14-16/h5,9H,4,6-7H2,1-3H3. The molecular weight excluding hydrogens is 256 g/mol. The molecule has 1 fully saturated rings. The lowest BCUT2D eigenvalue weighted by molar-refractivity contribution is -0.000613. The Labute approximate surface area is 111 Å². The van der Waals surface area contributed by atoms with Gasteiger partial charge in [-0.3, -0.25) is 0 Å². The van der Waals surface area contributed by atoms with Crippen molar-refractivity contribution in [2.75, 3.05) is 13.1 Å². The minimum Gasteiger partial charge on any atom is -0.444 e. The Morgan fingerprint density at radius 2 is 2.22 bits per heavy atom. The van der Waals surface area contributed by atoms with Crippen LogP contribution in [-0.2, 0) is 10.6 Å². The molecule has 100 valence electrons. The molecule has 0 unspecified atom stereocenters. The highest BCUT2D eigenvalue weighted by molar-refractivity contribution is 6.16. The summed E-state index contributed by atoms with van der Waals surface area (Å²) < 4.78 is 7.02. The highest BCUT2D eigenvalue weighted by atomic mass is 35.5. The highest BCUT2D eigenvalue weighted by Gasteiger charge is 2.35. The Hall–Kier alpha value is -1.30. The van der Waals surface area contributed by atoms with E-state index in [1.54, 1.807) is 9.58 Å². The second-order valence-corrected chi connectivity index (χ2v) is 5.63. The summed E-state index contributed by atoms with van der Waals surface area (Å²) in [5.74, 6) is 0.350. The van der Waals surface area contributed by atoms with Gasteiger partial charge in [-0.2, -0.15) is 0 Å². The lowest BCUT2D eigenvalue weighted by atomic mass is 10.1. The molecule has 2 rings (SSSR count). The zero-order chi connectivity index (χ0) is 13.3. The molecule has 0 radical (unpaired) electrons. The lowest BCUT2D eigenvalue weighted by Crippen LogP contribution is -2.52. The zero-order valence-corrected chi connectivity index (χ0v) is 11.5. The van der Waals surface area contributed by atoms with Crippen molar-refractivity contribution in [3.8, 4) is 0 Å². The molecule has 0 spiro atoms. The average Bonchev–Trinajstić information content (AvgIpc) is 2.60. The first kappa shape index (κ1) is 13.1. The maximum Gasteiger partial charge on any atom is 0.410 e. The van der Waals surface area contributed by atoms with Crippen LogP contribution in [0.3, 0.4) is 0 Å². The molecule has 0 aromatic carbocycles. The van der Waals surface area contributed by atoms with Crippen LogP contribution < -0.4 is 0 Å². The Morgan fingerprint density at radius 1 is 1.56 bits per heavy atom. The SMILES string of the molecule is CC(C)(C)OC(=O)N1CC(n2cc(CCl)nn2)C1. The van der Waals surface area contributed by atoms with Gasteiger partial charge < -0.3 is 9.64 Å². The van der Waals surface area contributed by atoms with Crippen LogP contribution in [-0.4, -0.2) is 44.7 Å². The third kappa shape index (κ3) is 2.93. The topological polar surface area (TPSA) is 60.2 Å². The monoisotopic (exact) mass is 272 g/mol. The van der Waals surface area contributed by atoms with Gasteiger partial charge >= 0.3 is 6.09 Å². The molecule has 1 aliphatic rings.